The monoisotopic (exact) mass is 253 g/mol. The van der Waals surface area contributed by atoms with Crippen LogP contribution in [0.3, 0.4) is 0 Å². The lowest BCUT2D eigenvalue weighted by molar-refractivity contribution is 0.261. The molecule has 1 aliphatic heterocycles. The van der Waals surface area contributed by atoms with E-state index < -0.39 is 0 Å². The highest BCUT2D eigenvalue weighted by Gasteiger charge is 2.25. The second-order valence-corrected chi connectivity index (χ2v) is 4.34. The molecule has 1 aromatic heterocycles. The predicted octanol–water partition coefficient (Wildman–Crippen LogP) is 0.204. The first-order chi connectivity index (χ1) is 8.74. The fraction of sp³-hybridized carbons (Fsp3) is 0.727. The Hall–Kier alpha value is -1.63. The van der Waals surface area contributed by atoms with Gasteiger partial charge in [-0.2, -0.15) is 15.0 Å². The van der Waals surface area contributed by atoms with Gasteiger partial charge in [0.15, 0.2) is 0 Å². The van der Waals surface area contributed by atoms with E-state index in [1.54, 1.807) is 0 Å². The van der Waals surface area contributed by atoms with Crippen molar-refractivity contribution in [1.29, 1.82) is 0 Å². The first kappa shape index (κ1) is 12.8. The standard InChI is InChI=1S/C11H19N5O2/c1-18-11-14-9(12)13-10(15-11)16-6-3-2-4-8(16)5-7-17/h8,17H,2-7H2,1H3,(H2,12,13,14,15). The van der Waals surface area contributed by atoms with Crippen LogP contribution in [0.4, 0.5) is 11.9 Å². The Morgan fingerprint density at radius 1 is 1.39 bits per heavy atom. The summed E-state index contributed by atoms with van der Waals surface area (Å²) in [6, 6.07) is 0.487. The minimum Gasteiger partial charge on any atom is -0.467 e. The van der Waals surface area contributed by atoms with Crippen molar-refractivity contribution in [3.63, 3.8) is 0 Å². The molecule has 1 atom stereocenters. The van der Waals surface area contributed by atoms with Gasteiger partial charge in [0.25, 0.3) is 0 Å². The van der Waals surface area contributed by atoms with E-state index in [0.717, 1.165) is 19.4 Å². The molecule has 0 bridgehead atoms. The second kappa shape index (κ2) is 5.81. The van der Waals surface area contributed by atoms with Crippen LogP contribution in [0.25, 0.3) is 0 Å². The number of methoxy groups -OCH3 is 1. The molecule has 0 saturated carbocycles. The molecule has 1 unspecified atom stereocenters. The molecular weight excluding hydrogens is 234 g/mol. The Labute approximate surface area is 106 Å². The van der Waals surface area contributed by atoms with Crippen LogP contribution in [0.15, 0.2) is 0 Å². The molecule has 0 amide bonds. The van der Waals surface area contributed by atoms with Gasteiger partial charge >= 0.3 is 6.01 Å². The minimum absolute atomic E-state index is 0.158. The van der Waals surface area contributed by atoms with Crippen molar-refractivity contribution in [3.05, 3.63) is 0 Å². The van der Waals surface area contributed by atoms with Crippen LogP contribution in [0.5, 0.6) is 6.01 Å². The van der Waals surface area contributed by atoms with Gasteiger partial charge in [0.05, 0.1) is 7.11 Å². The van der Waals surface area contributed by atoms with Crippen LogP contribution >= 0.6 is 0 Å². The van der Waals surface area contributed by atoms with E-state index in [-0.39, 0.29) is 24.6 Å². The van der Waals surface area contributed by atoms with Crippen LogP contribution in [0.1, 0.15) is 25.7 Å². The lowest BCUT2D eigenvalue weighted by Crippen LogP contribution is -2.41. The summed E-state index contributed by atoms with van der Waals surface area (Å²) in [5.41, 5.74) is 5.64. The summed E-state index contributed by atoms with van der Waals surface area (Å²) in [6.07, 6.45) is 4.01. The van der Waals surface area contributed by atoms with E-state index in [2.05, 4.69) is 19.9 Å². The van der Waals surface area contributed by atoms with Crippen molar-refractivity contribution in [2.75, 3.05) is 30.9 Å². The average molecular weight is 253 g/mol. The van der Waals surface area contributed by atoms with Gasteiger partial charge in [-0.25, -0.2) is 0 Å². The van der Waals surface area contributed by atoms with Crippen molar-refractivity contribution in [2.24, 2.45) is 0 Å². The number of nitrogen functional groups attached to an aromatic ring is 1. The van der Waals surface area contributed by atoms with E-state index in [4.69, 9.17) is 15.6 Å². The second-order valence-electron chi connectivity index (χ2n) is 4.34. The lowest BCUT2D eigenvalue weighted by atomic mass is 10.0. The summed E-state index contributed by atoms with van der Waals surface area (Å²) >= 11 is 0. The highest BCUT2D eigenvalue weighted by molar-refractivity contribution is 5.37. The summed E-state index contributed by atoms with van der Waals surface area (Å²) in [6.45, 7) is 1.04. The molecule has 100 valence electrons. The Kier molecular flexibility index (Phi) is 4.14. The highest BCUT2D eigenvalue weighted by atomic mass is 16.5. The largest absolute Gasteiger partial charge is 0.467 e. The molecule has 3 N–H and O–H groups in total. The third kappa shape index (κ3) is 2.79. The van der Waals surface area contributed by atoms with Gasteiger partial charge < -0.3 is 20.5 Å². The van der Waals surface area contributed by atoms with E-state index >= 15 is 0 Å². The normalized spacial score (nSPS) is 19.9. The van der Waals surface area contributed by atoms with Crippen molar-refractivity contribution < 1.29 is 9.84 Å². The SMILES string of the molecule is COc1nc(N)nc(N2CCCCC2CCO)n1. The molecule has 1 aliphatic rings. The van der Waals surface area contributed by atoms with Gasteiger partial charge in [0.1, 0.15) is 0 Å². The quantitative estimate of drug-likeness (QED) is 0.791. The fourth-order valence-electron chi connectivity index (χ4n) is 2.29. The predicted molar refractivity (Wildman–Crippen MR) is 67.5 cm³/mol. The van der Waals surface area contributed by atoms with Gasteiger partial charge in [-0.3, -0.25) is 0 Å². The Bertz CT molecular complexity index is 399. The number of ether oxygens (including phenoxy) is 1. The molecule has 1 aromatic rings. The van der Waals surface area contributed by atoms with E-state index in [1.807, 2.05) is 0 Å². The molecule has 0 spiro atoms. The van der Waals surface area contributed by atoms with Gasteiger partial charge in [-0.15, -0.1) is 0 Å². The zero-order valence-electron chi connectivity index (χ0n) is 10.5. The van der Waals surface area contributed by atoms with Crippen molar-refractivity contribution in [3.8, 4) is 6.01 Å². The van der Waals surface area contributed by atoms with E-state index in [0.29, 0.717) is 12.4 Å². The number of aliphatic hydroxyl groups excluding tert-OH is 1. The Balaban J connectivity index is 2.24. The molecule has 2 heterocycles. The van der Waals surface area contributed by atoms with Crippen molar-refractivity contribution in [2.45, 2.75) is 31.7 Å². The van der Waals surface area contributed by atoms with E-state index in [9.17, 15) is 0 Å². The van der Waals surface area contributed by atoms with Gasteiger partial charge in [-0.05, 0) is 25.7 Å². The molecule has 1 fully saturated rings. The maximum atomic E-state index is 9.11. The van der Waals surface area contributed by atoms with Gasteiger partial charge in [0, 0.05) is 19.2 Å². The topological polar surface area (TPSA) is 97.4 Å². The lowest BCUT2D eigenvalue weighted by Gasteiger charge is -2.35. The first-order valence-electron chi connectivity index (χ1n) is 6.17. The molecule has 2 rings (SSSR count). The Morgan fingerprint density at radius 2 is 2.22 bits per heavy atom. The molecule has 0 aromatic carbocycles. The first-order valence-corrected chi connectivity index (χ1v) is 6.17. The molecule has 18 heavy (non-hydrogen) atoms. The highest BCUT2D eigenvalue weighted by Crippen LogP contribution is 2.24. The summed E-state index contributed by atoms with van der Waals surface area (Å²) in [4.78, 5) is 14.3. The zero-order chi connectivity index (χ0) is 13.0. The molecule has 0 radical (unpaired) electrons. The van der Waals surface area contributed by atoms with Gasteiger partial charge in [-0.1, -0.05) is 0 Å². The fourth-order valence-corrected chi connectivity index (χ4v) is 2.29. The van der Waals surface area contributed by atoms with Crippen LogP contribution in [-0.4, -0.2) is 46.4 Å². The van der Waals surface area contributed by atoms with Crippen LogP contribution in [0, 0.1) is 0 Å². The third-order valence-electron chi connectivity index (χ3n) is 3.15. The number of anilines is 2. The van der Waals surface area contributed by atoms with Crippen molar-refractivity contribution in [1.82, 2.24) is 15.0 Å². The van der Waals surface area contributed by atoms with Crippen LogP contribution in [0.2, 0.25) is 0 Å². The van der Waals surface area contributed by atoms with Crippen LogP contribution < -0.4 is 15.4 Å². The molecule has 1 saturated heterocycles. The maximum absolute atomic E-state index is 9.11. The van der Waals surface area contributed by atoms with E-state index in [1.165, 1.54) is 13.5 Å². The summed E-state index contributed by atoms with van der Waals surface area (Å²) < 4.78 is 5.00. The maximum Gasteiger partial charge on any atom is 0.322 e. The number of piperidine rings is 1. The van der Waals surface area contributed by atoms with Crippen molar-refractivity contribution >= 4 is 11.9 Å². The zero-order valence-corrected chi connectivity index (χ0v) is 10.5. The number of nitrogens with zero attached hydrogens (tertiary/aromatic N) is 4. The smallest absolute Gasteiger partial charge is 0.322 e. The summed E-state index contributed by atoms with van der Waals surface area (Å²) in [5.74, 6) is 0.697. The van der Waals surface area contributed by atoms with Crippen LogP contribution in [-0.2, 0) is 0 Å². The molecular formula is C11H19N5O2. The molecule has 7 heteroatoms. The molecule has 0 aliphatic carbocycles. The minimum atomic E-state index is 0.158. The number of hydrogen-bond donors (Lipinski definition) is 2. The number of aromatic nitrogens is 3. The molecule has 7 nitrogen and oxygen atoms in total. The average Bonchev–Trinajstić information content (AvgIpc) is 2.39. The Morgan fingerprint density at radius 3 is 2.94 bits per heavy atom. The number of rotatable bonds is 4. The van der Waals surface area contributed by atoms with Gasteiger partial charge in [0.2, 0.25) is 11.9 Å². The third-order valence-corrected chi connectivity index (χ3v) is 3.15. The number of hydrogen-bond acceptors (Lipinski definition) is 7. The summed E-state index contributed by atoms with van der Waals surface area (Å²) in [5, 5.41) is 9.11. The number of nitrogens with two attached hydrogens (primary N) is 1. The summed E-state index contributed by atoms with van der Waals surface area (Å²) in [7, 11) is 1.50. The number of aliphatic hydroxyl groups is 1.